The lowest BCUT2D eigenvalue weighted by Crippen LogP contribution is -2.52. The van der Waals surface area contributed by atoms with Crippen LogP contribution in [0.5, 0.6) is 0 Å². The molecule has 0 atom stereocenters. The normalized spacial score (nSPS) is 21.5. The maximum atomic E-state index is 11.8. The number of likely N-dealkylation sites (N-methyl/N-ethyl adjacent to an activating group) is 1. The zero-order chi connectivity index (χ0) is 15.3. The second-order valence-electron chi connectivity index (χ2n) is 5.62. The number of hydrogen-bond donors (Lipinski definition) is 0. The summed E-state index contributed by atoms with van der Waals surface area (Å²) in [6.07, 6.45) is 0. The monoisotopic (exact) mass is 362 g/mol. The van der Waals surface area contributed by atoms with Crippen molar-refractivity contribution >= 4 is 45.0 Å². The molecule has 114 valence electrons. The number of halogens is 1. The smallest absolute Gasteiger partial charge is 0.267 e. The van der Waals surface area contributed by atoms with E-state index in [0.29, 0.717) is 11.7 Å². The summed E-state index contributed by atoms with van der Waals surface area (Å²) < 4.78 is 0.725. The Balaban J connectivity index is 1.78. The van der Waals surface area contributed by atoms with Gasteiger partial charge in [-0.15, -0.1) is 0 Å². The van der Waals surface area contributed by atoms with Crippen molar-refractivity contribution in [3.05, 3.63) is 16.7 Å². The van der Waals surface area contributed by atoms with E-state index < -0.39 is 0 Å². The molecule has 0 aliphatic carbocycles. The summed E-state index contributed by atoms with van der Waals surface area (Å²) in [5, 5.41) is 0. The first-order chi connectivity index (χ1) is 10.6. The highest BCUT2D eigenvalue weighted by Gasteiger charge is 2.37. The van der Waals surface area contributed by atoms with E-state index in [1.807, 2.05) is 17.0 Å². The summed E-state index contributed by atoms with van der Waals surface area (Å²) in [6, 6.07) is 3.78. The van der Waals surface area contributed by atoms with Gasteiger partial charge in [-0.3, -0.25) is 9.69 Å². The number of pyridine rings is 1. The van der Waals surface area contributed by atoms with E-state index in [2.05, 4.69) is 42.8 Å². The molecule has 0 radical (unpaired) electrons. The van der Waals surface area contributed by atoms with E-state index in [1.54, 1.807) is 0 Å². The van der Waals surface area contributed by atoms with Crippen LogP contribution < -0.4 is 4.90 Å². The molecule has 4 rings (SSSR count). The summed E-state index contributed by atoms with van der Waals surface area (Å²) in [4.78, 5) is 31.5. The molecule has 3 aliphatic rings. The number of aromatic nitrogens is 1. The van der Waals surface area contributed by atoms with Crippen molar-refractivity contribution in [3.8, 4) is 0 Å². The molecule has 4 heterocycles. The maximum Gasteiger partial charge on any atom is 0.267 e. The third-order valence-corrected chi connectivity index (χ3v) is 4.53. The molecule has 0 unspecified atom stereocenters. The van der Waals surface area contributed by atoms with E-state index in [1.165, 1.54) is 0 Å². The first-order valence-corrected chi connectivity index (χ1v) is 7.99. The van der Waals surface area contributed by atoms with Crippen molar-refractivity contribution in [3.63, 3.8) is 0 Å². The molecule has 22 heavy (non-hydrogen) atoms. The van der Waals surface area contributed by atoms with Crippen molar-refractivity contribution in [2.45, 2.75) is 0 Å². The van der Waals surface area contributed by atoms with Gasteiger partial charge in [-0.2, -0.15) is 4.99 Å². The van der Waals surface area contributed by atoms with Crippen LogP contribution in [0.4, 0.5) is 11.5 Å². The van der Waals surface area contributed by atoms with Crippen LogP contribution in [-0.4, -0.2) is 72.1 Å². The number of carbonyl (C=O) groups excluding carboxylic acids is 1. The van der Waals surface area contributed by atoms with Gasteiger partial charge in [-0.05, 0) is 35.1 Å². The quantitative estimate of drug-likeness (QED) is 0.641. The van der Waals surface area contributed by atoms with Gasteiger partial charge in [-0.25, -0.2) is 9.98 Å². The zero-order valence-corrected chi connectivity index (χ0v) is 13.7. The molecule has 1 fully saturated rings. The molecule has 1 aromatic heterocycles. The molecule has 8 heteroatoms. The Morgan fingerprint density at radius 2 is 1.86 bits per heavy atom. The van der Waals surface area contributed by atoms with E-state index >= 15 is 0 Å². The van der Waals surface area contributed by atoms with Crippen LogP contribution in [0, 0.1) is 0 Å². The predicted molar refractivity (Wildman–Crippen MR) is 87.9 cm³/mol. The second-order valence-corrected chi connectivity index (χ2v) is 6.43. The number of piperazine rings is 1. The van der Waals surface area contributed by atoms with E-state index in [0.717, 1.165) is 42.3 Å². The highest BCUT2D eigenvalue weighted by Crippen LogP contribution is 2.34. The first kappa shape index (κ1) is 13.8. The highest BCUT2D eigenvalue weighted by atomic mass is 79.9. The van der Waals surface area contributed by atoms with Gasteiger partial charge in [0.1, 0.15) is 16.8 Å². The standard InChI is InChI=1S/C14H15BrN6O/c1-19-4-6-20(7-5-19)13-14-18-11(22)8-21(14)12-9(16-13)2-3-10(15)17-12/h2-3H,4-8H2,1H3. The number of amidine groups is 2. The Bertz CT molecular complexity index is 707. The predicted octanol–water partition coefficient (Wildman–Crippen LogP) is 0.880. The minimum atomic E-state index is -0.147. The average molecular weight is 363 g/mol. The van der Waals surface area contributed by atoms with Gasteiger partial charge >= 0.3 is 0 Å². The van der Waals surface area contributed by atoms with Gasteiger partial charge in [0.25, 0.3) is 5.91 Å². The van der Waals surface area contributed by atoms with Crippen molar-refractivity contribution in [2.24, 2.45) is 9.98 Å². The molecule has 7 nitrogen and oxygen atoms in total. The lowest BCUT2D eigenvalue weighted by Gasteiger charge is -2.37. The Hall–Kier alpha value is -1.80. The van der Waals surface area contributed by atoms with Gasteiger partial charge in [-0.1, -0.05) is 0 Å². The van der Waals surface area contributed by atoms with Crippen LogP contribution in [0.15, 0.2) is 26.7 Å². The zero-order valence-electron chi connectivity index (χ0n) is 12.2. The highest BCUT2D eigenvalue weighted by molar-refractivity contribution is 9.10. The summed E-state index contributed by atoms with van der Waals surface area (Å²) in [5.74, 6) is 1.96. The van der Waals surface area contributed by atoms with Crippen LogP contribution in [0.2, 0.25) is 0 Å². The number of rotatable bonds is 0. The lowest BCUT2D eigenvalue weighted by molar-refractivity contribution is -0.115. The first-order valence-electron chi connectivity index (χ1n) is 7.20. The number of nitrogens with zero attached hydrogens (tertiary/aromatic N) is 6. The Kier molecular flexibility index (Phi) is 3.23. The lowest BCUT2D eigenvalue weighted by atomic mass is 10.2. The second kappa shape index (κ2) is 5.13. The molecular formula is C14H15BrN6O. The molecule has 1 saturated heterocycles. The van der Waals surface area contributed by atoms with Crippen LogP contribution >= 0.6 is 15.9 Å². The Morgan fingerprint density at radius 3 is 2.64 bits per heavy atom. The molecule has 0 aromatic carbocycles. The van der Waals surface area contributed by atoms with Crippen molar-refractivity contribution in [1.82, 2.24) is 14.8 Å². The molecule has 0 saturated carbocycles. The van der Waals surface area contributed by atoms with E-state index in [4.69, 9.17) is 4.99 Å². The molecule has 1 amide bonds. The third kappa shape index (κ3) is 2.22. The van der Waals surface area contributed by atoms with Gasteiger partial charge in [0.15, 0.2) is 17.5 Å². The van der Waals surface area contributed by atoms with E-state index in [-0.39, 0.29) is 12.5 Å². The third-order valence-electron chi connectivity index (χ3n) is 4.09. The fourth-order valence-electron chi connectivity index (χ4n) is 2.87. The number of hydrogen-bond acceptors (Lipinski definition) is 6. The number of aliphatic imine (C=N–C) groups is 2. The molecule has 0 N–H and O–H groups in total. The van der Waals surface area contributed by atoms with Crippen LogP contribution in [0.3, 0.4) is 0 Å². The van der Waals surface area contributed by atoms with Crippen molar-refractivity contribution < 1.29 is 4.79 Å². The molecule has 3 aliphatic heterocycles. The minimum Gasteiger partial charge on any atom is -0.351 e. The van der Waals surface area contributed by atoms with Crippen LogP contribution in [0.25, 0.3) is 0 Å². The SMILES string of the molecule is CN1CCN(C2=Nc3ccc(Br)nc3N3CC(=O)N=C23)CC1. The fraction of sp³-hybridized carbons (Fsp3) is 0.429. The average Bonchev–Trinajstić information content (AvgIpc) is 2.89. The number of amides is 1. The van der Waals surface area contributed by atoms with Crippen molar-refractivity contribution in [1.29, 1.82) is 0 Å². The Labute approximate surface area is 136 Å². The van der Waals surface area contributed by atoms with E-state index in [9.17, 15) is 4.79 Å². The summed E-state index contributed by atoms with van der Waals surface area (Å²) in [5.41, 5.74) is 0.783. The fourth-order valence-corrected chi connectivity index (χ4v) is 3.17. The van der Waals surface area contributed by atoms with Crippen LogP contribution in [-0.2, 0) is 4.79 Å². The minimum absolute atomic E-state index is 0.147. The van der Waals surface area contributed by atoms with Gasteiger partial charge < -0.3 is 9.80 Å². The molecular weight excluding hydrogens is 348 g/mol. The summed E-state index contributed by atoms with van der Waals surface area (Å²) >= 11 is 3.37. The largest absolute Gasteiger partial charge is 0.351 e. The maximum absolute atomic E-state index is 11.8. The molecule has 0 bridgehead atoms. The number of carbonyl (C=O) groups is 1. The van der Waals surface area contributed by atoms with Gasteiger partial charge in [0.05, 0.1) is 0 Å². The number of anilines is 1. The summed E-state index contributed by atoms with van der Waals surface area (Å²) in [7, 11) is 2.11. The number of fused-ring (bicyclic) bond motifs is 3. The topological polar surface area (TPSA) is 64.4 Å². The summed E-state index contributed by atoms with van der Waals surface area (Å²) in [6.45, 7) is 3.96. The Morgan fingerprint density at radius 1 is 1.09 bits per heavy atom. The molecule has 0 spiro atoms. The van der Waals surface area contributed by atoms with Gasteiger partial charge in [0, 0.05) is 26.2 Å². The van der Waals surface area contributed by atoms with Crippen molar-refractivity contribution in [2.75, 3.05) is 44.7 Å². The van der Waals surface area contributed by atoms with Crippen LogP contribution in [0.1, 0.15) is 0 Å². The molecule has 1 aromatic rings. The van der Waals surface area contributed by atoms with Gasteiger partial charge in [0.2, 0.25) is 0 Å².